The number of ether oxygens (including phenoxy) is 2. The van der Waals surface area contributed by atoms with E-state index in [1.165, 1.54) is 15.6 Å². The number of aromatic hydroxyl groups is 1. The van der Waals surface area contributed by atoms with Crippen molar-refractivity contribution in [2.75, 3.05) is 11.5 Å². The molecular weight excluding hydrogens is 408 g/mol. The maximum absolute atomic E-state index is 13.4. The molecular formula is C24H24N4O4. The van der Waals surface area contributed by atoms with Crippen molar-refractivity contribution in [3.05, 3.63) is 59.5 Å². The summed E-state index contributed by atoms with van der Waals surface area (Å²) in [5.41, 5.74) is 1.58. The predicted molar refractivity (Wildman–Crippen MR) is 119 cm³/mol. The Hall–Kier alpha value is -3.99. The van der Waals surface area contributed by atoms with E-state index in [2.05, 4.69) is 11.2 Å². The summed E-state index contributed by atoms with van der Waals surface area (Å²) in [6, 6.07) is 10.7. The zero-order chi connectivity index (χ0) is 22.8. The summed E-state index contributed by atoms with van der Waals surface area (Å²) in [6.45, 7) is 5.89. The summed E-state index contributed by atoms with van der Waals surface area (Å²) in [7, 11) is 0. The van der Waals surface area contributed by atoms with Gasteiger partial charge in [0, 0.05) is 5.56 Å². The third-order valence-corrected chi connectivity index (χ3v) is 5.38. The van der Waals surface area contributed by atoms with E-state index < -0.39 is 6.09 Å². The second-order valence-corrected chi connectivity index (χ2v) is 7.50. The molecule has 0 saturated heterocycles. The van der Waals surface area contributed by atoms with Gasteiger partial charge < -0.3 is 14.6 Å². The number of nitriles is 1. The molecule has 0 spiro atoms. The molecule has 4 rings (SSSR count). The Balaban J connectivity index is 1.97. The number of hydrogen-bond donors (Lipinski definition) is 1. The molecule has 2 aromatic heterocycles. The van der Waals surface area contributed by atoms with Crippen LogP contribution in [0.5, 0.6) is 11.5 Å². The molecule has 1 N–H and O–H groups in total. The molecule has 1 saturated carbocycles. The monoisotopic (exact) mass is 432 g/mol. The highest BCUT2D eigenvalue weighted by Gasteiger charge is 2.37. The van der Waals surface area contributed by atoms with Crippen molar-refractivity contribution in [2.45, 2.75) is 39.5 Å². The van der Waals surface area contributed by atoms with Crippen molar-refractivity contribution in [1.29, 1.82) is 5.26 Å². The van der Waals surface area contributed by atoms with Gasteiger partial charge in [0.1, 0.15) is 28.9 Å². The summed E-state index contributed by atoms with van der Waals surface area (Å²) in [5, 5.41) is 25.1. The lowest BCUT2D eigenvalue weighted by Gasteiger charge is -2.26. The maximum atomic E-state index is 13.4. The zero-order valence-corrected chi connectivity index (χ0v) is 18.2. The van der Waals surface area contributed by atoms with Crippen molar-refractivity contribution in [1.82, 2.24) is 9.61 Å². The molecule has 0 bridgehead atoms. The van der Waals surface area contributed by atoms with Gasteiger partial charge in [0.15, 0.2) is 5.82 Å². The van der Waals surface area contributed by atoms with E-state index in [-0.39, 0.29) is 17.2 Å². The van der Waals surface area contributed by atoms with Gasteiger partial charge >= 0.3 is 6.09 Å². The average molecular weight is 432 g/mol. The van der Waals surface area contributed by atoms with Crippen molar-refractivity contribution >= 4 is 23.1 Å². The number of carbonyl (C=O) groups is 1. The number of carbonyl (C=O) groups excluding carboxylic acids is 1. The first kappa shape index (κ1) is 21.2. The summed E-state index contributed by atoms with van der Waals surface area (Å²) in [5.74, 6) is 1.37. The van der Waals surface area contributed by atoms with Gasteiger partial charge in [0.25, 0.3) is 0 Å². The SMILES string of the molecule is C/C=C(\C)OC(=O)N(c1ccc(OCC)cc1)c1c(C2CC2)c(O)c(C#N)c2ccnn12. The third-order valence-electron chi connectivity index (χ3n) is 5.38. The summed E-state index contributed by atoms with van der Waals surface area (Å²) in [6.07, 6.45) is 4.27. The number of fused-ring (bicyclic) bond motifs is 1. The van der Waals surface area contributed by atoms with Gasteiger partial charge in [-0.15, -0.1) is 0 Å². The first-order valence-corrected chi connectivity index (χ1v) is 10.5. The number of hydrogen-bond acceptors (Lipinski definition) is 6. The van der Waals surface area contributed by atoms with Gasteiger partial charge in [-0.05, 0) is 75.9 Å². The van der Waals surface area contributed by atoms with Crippen LogP contribution in [0.3, 0.4) is 0 Å². The van der Waals surface area contributed by atoms with Crippen LogP contribution in [0.15, 0.2) is 48.4 Å². The second kappa shape index (κ2) is 8.63. The Morgan fingerprint density at radius 1 is 1.34 bits per heavy atom. The van der Waals surface area contributed by atoms with Crippen molar-refractivity contribution in [3.63, 3.8) is 0 Å². The number of nitrogens with zero attached hydrogens (tertiary/aromatic N) is 4. The molecule has 0 radical (unpaired) electrons. The molecule has 32 heavy (non-hydrogen) atoms. The minimum atomic E-state index is -0.646. The topological polar surface area (TPSA) is 100 Å². The molecule has 0 atom stereocenters. The molecule has 3 aromatic rings. The molecule has 0 aliphatic heterocycles. The number of aromatic nitrogens is 2. The maximum Gasteiger partial charge on any atom is 0.425 e. The lowest BCUT2D eigenvalue weighted by molar-refractivity contribution is 0.186. The number of benzene rings is 1. The Morgan fingerprint density at radius 3 is 2.66 bits per heavy atom. The van der Waals surface area contributed by atoms with Crippen molar-refractivity contribution in [2.24, 2.45) is 0 Å². The number of pyridine rings is 1. The minimum absolute atomic E-state index is 0.0199. The fourth-order valence-corrected chi connectivity index (χ4v) is 3.63. The van der Waals surface area contributed by atoms with E-state index in [9.17, 15) is 15.2 Å². The Morgan fingerprint density at radius 2 is 2.06 bits per heavy atom. The van der Waals surface area contributed by atoms with E-state index >= 15 is 0 Å². The Labute approximate surface area is 185 Å². The molecule has 1 amide bonds. The number of allylic oxidation sites excluding steroid dienone is 2. The van der Waals surface area contributed by atoms with E-state index in [0.717, 1.165) is 12.8 Å². The molecule has 1 fully saturated rings. The lowest BCUT2D eigenvalue weighted by atomic mass is 10.0. The van der Waals surface area contributed by atoms with Gasteiger partial charge in [-0.1, -0.05) is 0 Å². The second-order valence-electron chi connectivity index (χ2n) is 7.50. The molecule has 1 aliphatic rings. The van der Waals surface area contributed by atoms with Crippen LogP contribution < -0.4 is 9.64 Å². The molecule has 164 valence electrons. The van der Waals surface area contributed by atoms with Crippen LogP contribution in [0, 0.1) is 11.3 Å². The third kappa shape index (κ3) is 3.73. The summed E-state index contributed by atoms with van der Waals surface area (Å²) >= 11 is 0. The fourth-order valence-electron chi connectivity index (χ4n) is 3.63. The largest absolute Gasteiger partial charge is 0.506 e. The van der Waals surface area contributed by atoms with Crippen LogP contribution >= 0.6 is 0 Å². The Kier molecular flexibility index (Phi) is 5.73. The number of amides is 1. The highest BCUT2D eigenvalue weighted by molar-refractivity contribution is 5.98. The number of rotatable bonds is 6. The molecule has 1 aromatic carbocycles. The van der Waals surface area contributed by atoms with Crippen LogP contribution in [-0.2, 0) is 4.74 Å². The molecule has 1 aliphatic carbocycles. The van der Waals surface area contributed by atoms with Crippen LogP contribution in [-0.4, -0.2) is 27.4 Å². The normalized spacial score (nSPS) is 13.6. The van der Waals surface area contributed by atoms with E-state index in [1.54, 1.807) is 50.3 Å². The van der Waals surface area contributed by atoms with Gasteiger partial charge in [0.2, 0.25) is 0 Å². The first-order chi connectivity index (χ1) is 15.5. The fraction of sp³-hybridized carbons (Fsp3) is 0.292. The highest BCUT2D eigenvalue weighted by Crippen LogP contribution is 2.51. The zero-order valence-electron chi connectivity index (χ0n) is 18.2. The van der Waals surface area contributed by atoms with Crippen LogP contribution in [0.2, 0.25) is 0 Å². The summed E-state index contributed by atoms with van der Waals surface area (Å²) in [4.78, 5) is 14.8. The van der Waals surface area contributed by atoms with E-state index in [0.29, 0.717) is 40.7 Å². The average Bonchev–Trinajstić information content (AvgIpc) is 3.51. The highest BCUT2D eigenvalue weighted by atomic mass is 16.6. The molecule has 8 nitrogen and oxygen atoms in total. The smallest absolute Gasteiger partial charge is 0.425 e. The van der Waals surface area contributed by atoms with Gasteiger partial charge in [-0.2, -0.15) is 10.4 Å². The Bertz CT molecular complexity index is 1230. The van der Waals surface area contributed by atoms with Crippen LogP contribution in [0.1, 0.15) is 50.7 Å². The first-order valence-electron chi connectivity index (χ1n) is 10.5. The lowest BCUT2D eigenvalue weighted by Crippen LogP contribution is -2.29. The summed E-state index contributed by atoms with van der Waals surface area (Å²) < 4.78 is 12.6. The number of anilines is 2. The molecule has 2 heterocycles. The van der Waals surface area contributed by atoms with Crippen molar-refractivity contribution < 1.29 is 19.4 Å². The predicted octanol–water partition coefficient (Wildman–Crippen LogP) is 5.39. The van der Waals surface area contributed by atoms with E-state index in [4.69, 9.17) is 9.47 Å². The van der Waals surface area contributed by atoms with Crippen LogP contribution in [0.4, 0.5) is 16.3 Å². The quantitative estimate of drug-likeness (QED) is 0.525. The standard InChI is InChI=1S/C24H24N4O4/c1-4-15(3)32-24(30)27(17-8-10-18(11-9-17)31-5-2)23-21(16-6-7-16)22(29)19(14-25)20-12-13-26-28(20)23/h4,8-13,16,29H,5-7H2,1-3H3/b15-4+. The minimum Gasteiger partial charge on any atom is -0.506 e. The van der Waals surface area contributed by atoms with Gasteiger partial charge in [-0.3, -0.25) is 0 Å². The van der Waals surface area contributed by atoms with Crippen molar-refractivity contribution in [3.8, 4) is 17.6 Å². The van der Waals surface area contributed by atoms with E-state index in [1.807, 2.05) is 6.92 Å². The van der Waals surface area contributed by atoms with Crippen LogP contribution in [0.25, 0.3) is 5.52 Å². The molecule has 0 unspecified atom stereocenters. The van der Waals surface area contributed by atoms with Gasteiger partial charge in [-0.25, -0.2) is 14.2 Å². The molecule has 8 heteroatoms. The van der Waals surface area contributed by atoms with Gasteiger partial charge in [0.05, 0.1) is 24.0 Å².